The minimum atomic E-state index is -0.207. The summed E-state index contributed by atoms with van der Waals surface area (Å²) in [7, 11) is 0. The van der Waals surface area contributed by atoms with Crippen LogP contribution < -0.4 is 5.32 Å². The monoisotopic (exact) mass is 209 g/mol. The van der Waals surface area contributed by atoms with Gasteiger partial charge in [-0.2, -0.15) is 11.8 Å². The summed E-state index contributed by atoms with van der Waals surface area (Å²) < 4.78 is 0. The van der Waals surface area contributed by atoms with Crippen molar-refractivity contribution in [1.29, 1.82) is 0 Å². The minimum Gasteiger partial charge on any atom is -0.390 e. The van der Waals surface area contributed by atoms with Crippen LogP contribution in [0.4, 0.5) is 5.69 Å². The van der Waals surface area contributed by atoms with Crippen molar-refractivity contribution in [2.75, 3.05) is 16.8 Å². The van der Waals surface area contributed by atoms with Crippen LogP contribution in [0.2, 0.25) is 0 Å². The number of aliphatic hydroxyl groups excluding tert-OH is 1. The summed E-state index contributed by atoms with van der Waals surface area (Å²) in [5.41, 5.74) is 2.36. The lowest BCUT2D eigenvalue weighted by molar-refractivity contribution is 0.190. The first-order chi connectivity index (χ1) is 6.75. The highest BCUT2D eigenvalue weighted by Gasteiger charge is 2.25. The zero-order valence-corrected chi connectivity index (χ0v) is 9.05. The van der Waals surface area contributed by atoms with E-state index in [0.29, 0.717) is 0 Å². The van der Waals surface area contributed by atoms with E-state index in [1.807, 2.05) is 0 Å². The summed E-state index contributed by atoms with van der Waals surface area (Å²) in [5, 5.41) is 13.0. The van der Waals surface area contributed by atoms with Gasteiger partial charge in [-0.05, 0) is 19.1 Å². The third-order valence-electron chi connectivity index (χ3n) is 2.45. The van der Waals surface area contributed by atoms with E-state index >= 15 is 0 Å². The molecular weight excluding hydrogens is 194 g/mol. The highest BCUT2D eigenvalue weighted by atomic mass is 32.2. The van der Waals surface area contributed by atoms with Gasteiger partial charge >= 0.3 is 0 Å². The third kappa shape index (κ3) is 2.22. The van der Waals surface area contributed by atoms with Gasteiger partial charge < -0.3 is 10.4 Å². The van der Waals surface area contributed by atoms with Crippen molar-refractivity contribution in [2.24, 2.45) is 0 Å². The topological polar surface area (TPSA) is 32.3 Å². The summed E-state index contributed by atoms with van der Waals surface area (Å²) in [6, 6.07) is 8.49. The second kappa shape index (κ2) is 4.24. The molecule has 2 N–H and O–H groups in total. The fourth-order valence-corrected chi connectivity index (χ4v) is 2.71. The molecule has 3 heteroatoms. The molecule has 76 valence electrons. The number of anilines is 1. The number of rotatable bonds is 2. The molecule has 0 saturated carbocycles. The van der Waals surface area contributed by atoms with E-state index in [2.05, 4.69) is 36.5 Å². The SMILES string of the molecule is Cc1ccc(N[C@H]2CSC[C@H]2O)cc1. The average Bonchev–Trinajstić information content (AvgIpc) is 2.56. The fraction of sp³-hybridized carbons (Fsp3) is 0.455. The molecule has 2 rings (SSSR count). The minimum absolute atomic E-state index is 0.207. The molecule has 1 saturated heterocycles. The Hall–Kier alpha value is -0.670. The molecule has 14 heavy (non-hydrogen) atoms. The molecule has 0 amide bonds. The maximum Gasteiger partial charge on any atom is 0.0839 e. The molecule has 0 aliphatic carbocycles. The number of benzene rings is 1. The van der Waals surface area contributed by atoms with Gasteiger partial charge in [0, 0.05) is 17.2 Å². The lowest BCUT2D eigenvalue weighted by Gasteiger charge is -2.16. The summed E-state index contributed by atoms with van der Waals surface area (Å²) in [5.74, 6) is 1.85. The highest BCUT2D eigenvalue weighted by molar-refractivity contribution is 7.99. The van der Waals surface area contributed by atoms with Crippen molar-refractivity contribution >= 4 is 17.4 Å². The maximum absolute atomic E-state index is 9.62. The second-order valence-electron chi connectivity index (χ2n) is 3.72. The van der Waals surface area contributed by atoms with Crippen molar-refractivity contribution in [1.82, 2.24) is 0 Å². The van der Waals surface area contributed by atoms with Gasteiger partial charge in [-0.25, -0.2) is 0 Å². The summed E-state index contributed by atoms with van der Waals surface area (Å²) in [6.07, 6.45) is -0.207. The van der Waals surface area contributed by atoms with E-state index < -0.39 is 0 Å². The van der Waals surface area contributed by atoms with Crippen LogP contribution in [0, 0.1) is 6.92 Å². The molecule has 0 unspecified atom stereocenters. The molecule has 2 nitrogen and oxygen atoms in total. The van der Waals surface area contributed by atoms with Gasteiger partial charge in [-0.1, -0.05) is 17.7 Å². The van der Waals surface area contributed by atoms with Crippen molar-refractivity contribution in [2.45, 2.75) is 19.1 Å². The average molecular weight is 209 g/mol. The lowest BCUT2D eigenvalue weighted by atomic mass is 10.2. The van der Waals surface area contributed by atoms with Crippen LogP contribution >= 0.6 is 11.8 Å². The highest BCUT2D eigenvalue weighted by Crippen LogP contribution is 2.22. The zero-order chi connectivity index (χ0) is 9.97. The van der Waals surface area contributed by atoms with Crippen molar-refractivity contribution in [3.05, 3.63) is 29.8 Å². The normalized spacial score (nSPS) is 26.4. The van der Waals surface area contributed by atoms with Gasteiger partial charge in [0.05, 0.1) is 12.1 Å². The number of thioether (sulfide) groups is 1. The van der Waals surface area contributed by atoms with Crippen LogP contribution in [0.3, 0.4) is 0 Å². The Morgan fingerprint density at radius 2 is 2.00 bits per heavy atom. The summed E-state index contributed by atoms with van der Waals surface area (Å²) >= 11 is 1.80. The molecule has 1 fully saturated rings. The number of hydrogen-bond donors (Lipinski definition) is 2. The Kier molecular flexibility index (Phi) is 2.99. The first-order valence-corrected chi connectivity index (χ1v) is 6.00. The van der Waals surface area contributed by atoms with E-state index in [4.69, 9.17) is 0 Å². The van der Waals surface area contributed by atoms with Crippen LogP contribution in [0.5, 0.6) is 0 Å². The summed E-state index contributed by atoms with van der Waals surface area (Å²) in [6.45, 7) is 2.07. The second-order valence-corrected chi connectivity index (χ2v) is 4.80. The standard InChI is InChI=1S/C11H15NOS/c1-8-2-4-9(5-3-8)12-10-6-14-7-11(10)13/h2-5,10-13H,6-7H2,1H3/t10-,11+/m0/s1. The smallest absolute Gasteiger partial charge is 0.0839 e. The Balaban J connectivity index is 2.00. The van der Waals surface area contributed by atoms with Gasteiger partial charge in [0.25, 0.3) is 0 Å². The van der Waals surface area contributed by atoms with E-state index in [1.165, 1.54) is 5.56 Å². The van der Waals surface area contributed by atoms with Crippen molar-refractivity contribution in [3.8, 4) is 0 Å². The van der Waals surface area contributed by atoms with Gasteiger partial charge in [-0.3, -0.25) is 0 Å². The predicted molar refractivity (Wildman–Crippen MR) is 61.9 cm³/mol. The van der Waals surface area contributed by atoms with E-state index in [-0.39, 0.29) is 12.1 Å². The lowest BCUT2D eigenvalue weighted by Crippen LogP contribution is -2.31. The van der Waals surface area contributed by atoms with Crippen LogP contribution in [-0.2, 0) is 0 Å². The van der Waals surface area contributed by atoms with Gasteiger partial charge in [0.15, 0.2) is 0 Å². The molecule has 0 radical (unpaired) electrons. The Bertz CT molecular complexity index is 299. The molecule has 0 aromatic heterocycles. The Labute approximate surface area is 88.7 Å². The number of aryl methyl sites for hydroxylation is 1. The first-order valence-electron chi connectivity index (χ1n) is 4.85. The molecule has 1 aliphatic heterocycles. The molecular formula is C11H15NOS. The molecule has 0 spiro atoms. The summed E-state index contributed by atoms with van der Waals surface area (Å²) in [4.78, 5) is 0. The van der Waals surface area contributed by atoms with Gasteiger partial charge in [0.1, 0.15) is 0 Å². The van der Waals surface area contributed by atoms with Gasteiger partial charge in [-0.15, -0.1) is 0 Å². The largest absolute Gasteiger partial charge is 0.390 e. The number of nitrogens with one attached hydrogen (secondary N) is 1. The number of aliphatic hydroxyl groups is 1. The third-order valence-corrected chi connectivity index (χ3v) is 3.63. The van der Waals surface area contributed by atoms with Crippen LogP contribution in [0.25, 0.3) is 0 Å². The molecule has 1 aromatic rings. The Morgan fingerprint density at radius 1 is 1.29 bits per heavy atom. The fourth-order valence-electron chi connectivity index (χ4n) is 1.54. The van der Waals surface area contributed by atoms with Crippen LogP contribution in [-0.4, -0.2) is 28.8 Å². The molecule has 1 heterocycles. The van der Waals surface area contributed by atoms with E-state index in [0.717, 1.165) is 17.2 Å². The van der Waals surface area contributed by atoms with Crippen LogP contribution in [0.15, 0.2) is 24.3 Å². The molecule has 1 aromatic carbocycles. The molecule has 2 atom stereocenters. The van der Waals surface area contributed by atoms with Crippen molar-refractivity contribution < 1.29 is 5.11 Å². The Morgan fingerprint density at radius 3 is 2.57 bits per heavy atom. The van der Waals surface area contributed by atoms with E-state index in [1.54, 1.807) is 11.8 Å². The molecule has 1 aliphatic rings. The quantitative estimate of drug-likeness (QED) is 0.780. The molecule has 0 bridgehead atoms. The first kappa shape index (κ1) is 9.87. The predicted octanol–water partition coefficient (Wildman–Crippen LogP) is 1.88. The van der Waals surface area contributed by atoms with Crippen LogP contribution in [0.1, 0.15) is 5.56 Å². The van der Waals surface area contributed by atoms with E-state index in [9.17, 15) is 5.11 Å². The maximum atomic E-state index is 9.62. The zero-order valence-electron chi connectivity index (χ0n) is 8.23. The van der Waals surface area contributed by atoms with Gasteiger partial charge in [0.2, 0.25) is 0 Å². The number of hydrogen-bond acceptors (Lipinski definition) is 3. The van der Waals surface area contributed by atoms with Crippen molar-refractivity contribution in [3.63, 3.8) is 0 Å².